The summed E-state index contributed by atoms with van der Waals surface area (Å²) < 4.78 is 26.5. The molecule has 0 heterocycles. The SMILES string of the molecule is NC(CCC(=O)O)c1cc(F)c(Br)cc1F. The zero-order chi connectivity index (χ0) is 12.3. The van der Waals surface area contributed by atoms with Gasteiger partial charge in [-0.05, 0) is 34.5 Å². The summed E-state index contributed by atoms with van der Waals surface area (Å²) in [6, 6.07) is 1.13. The summed E-state index contributed by atoms with van der Waals surface area (Å²) in [6.07, 6.45) is -0.119. The van der Waals surface area contributed by atoms with Crippen LogP contribution in [0, 0.1) is 11.6 Å². The number of carbonyl (C=O) groups is 1. The maximum atomic E-state index is 13.4. The van der Waals surface area contributed by atoms with Gasteiger partial charge in [-0.1, -0.05) is 0 Å². The lowest BCUT2D eigenvalue weighted by atomic mass is 10.0. The Balaban J connectivity index is 2.86. The Kier molecular flexibility index (Phi) is 4.37. The van der Waals surface area contributed by atoms with E-state index >= 15 is 0 Å². The number of hydrogen-bond acceptors (Lipinski definition) is 2. The van der Waals surface area contributed by atoms with Crippen LogP contribution in [0.3, 0.4) is 0 Å². The number of carboxylic acid groups (broad SMARTS) is 1. The molecule has 0 spiro atoms. The van der Waals surface area contributed by atoms with Gasteiger partial charge in [-0.15, -0.1) is 0 Å². The van der Waals surface area contributed by atoms with E-state index in [9.17, 15) is 13.6 Å². The van der Waals surface area contributed by atoms with Gasteiger partial charge in [0.15, 0.2) is 0 Å². The van der Waals surface area contributed by atoms with Crippen molar-refractivity contribution in [3.8, 4) is 0 Å². The van der Waals surface area contributed by atoms with E-state index in [1.807, 2.05) is 0 Å². The van der Waals surface area contributed by atoms with Crippen molar-refractivity contribution in [1.29, 1.82) is 0 Å². The number of benzene rings is 1. The molecule has 0 radical (unpaired) electrons. The molecule has 88 valence electrons. The smallest absolute Gasteiger partial charge is 0.303 e. The third-order valence-corrected chi connectivity index (χ3v) is 2.72. The van der Waals surface area contributed by atoms with Crippen LogP contribution in [0.15, 0.2) is 16.6 Å². The second-order valence-electron chi connectivity index (χ2n) is 3.33. The first-order chi connectivity index (χ1) is 7.41. The number of halogens is 3. The van der Waals surface area contributed by atoms with E-state index < -0.39 is 23.6 Å². The van der Waals surface area contributed by atoms with Gasteiger partial charge >= 0.3 is 5.97 Å². The Morgan fingerprint density at radius 1 is 1.44 bits per heavy atom. The highest BCUT2D eigenvalue weighted by Gasteiger charge is 2.15. The summed E-state index contributed by atoms with van der Waals surface area (Å²) in [6.45, 7) is 0. The summed E-state index contributed by atoms with van der Waals surface area (Å²) >= 11 is 2.84. The van der Waals surface area contributed by atoms with E-state index in [4.69, 9.17) is 10.8 Å². The maximum Gasteiger partial charge on any atom is 0.303 e. The van der Waals surface area contributed by atoms with Crippen molar-refractivity contribution in [2.45, 2.75) is 18.9 Å². The second-order valence-corrected chi connectivity index (χ2v) is 4.18. The molecule has 0 aliphatic carbocycles. The van der Waals surface area contributed by atoms with Crippen molar-refractivity contribution in [2.75, 3.05) is 0 Å². The van der Waals surface area contributed by atoms with Crippen molar-refractivity contribution in [2.24, 2.45) is 5.73 Å². The number of hydrogen-bond donors (Lipinski definition) is 2. The molecule has 0 aromatic heterocycles. The summed E-state index contributed by atoms with van der Waals surface area (Å²) in [7, 11) is 0. The molecule has 0 saturated carbocycles. The molecular weight excluding hydrogens is 284 g/mol. The first kappa shape index (κ1) is 13.1. The molecule has 0 aliphatic rings. The summed E-state index contributed by atoms with van der Waals surface area (Å²) in [5, 5.41) is 8.45. The Morgan fingerprint density at radius 3 is 2.62 bits per heavy atom. The summed E-state index contributed by atoms with van der Waals surface area (Å²) in [5.41, 5.74) is 5.57. The number of nitrogens with two attached hydrogens (primary N) is 1. The predicted octanol–water partition coefficient (Wildman–Crippen LogP) is 2.59. The zero-order valence-electron chi connectivity index (χ0n) is 8.21. The van der Waals surface area contributed by atoms with Crippen LogP contribution in [0.1, 0.15) is 24.4 Å². The molecule has 3 N–H and O–H groups in total. The molecule has 0 bridgehead atoms. The normalized spacial score (nSPS) is 12.5. The number of carboxylic acids is 1. The molecule has 0 aliphatic heterocycles. The largest absolute Gasteiger partial charge is 0.481 e. The standard InChI is InChI=1S/C10H10BrF2NO2/c11-6-4-7(12)5(3-8(6)13)9(14)1-2-10(15)16/h3-4,9H,1-2,14H2,(H,15,16). The number of rotatable bonds is 4. The van der Waals surface area contributed by atoms with Crippen LogP contribution in [-0.2, 0) is 4.79 Å². The molecule has 0 saturated heterocycles. The van der Waals surface area contributed by atoms with Gasteiger partial charge < -0.3 is 10.8 Å². The minimum atomic E-state index is -1.02. The van der Waals surface area contributed by atoms with Crippen LogP contribution in [0.2, 0.25) is 0 Å². The van der Waals surface area contributed by atoms with E-state index in [1.54, 1.807) is 0 Å². The molecular formula is C10H10BrF2NO2. The number of aliphatic carboxylic acids is 1. The highest BCUT2D eigenvalue weighted by atomic mass is 79.9. The van der Waals surface area contributed by atoms with Crippen molar-refractivity contribution in [1.82, 2.24) is 0 Å². The fourth-order valence-corrected chi connectivity index (χ4v) is 1.57. The van der Waals surface area contributed by atoms with Crippen LogP contribution in [0.5, 0.6) is 0 Å². The highest BCUT2D eigenvalue weighted by Crippen LogP contribution is 2.25. The van der Waals surface area contributed by atoms with E-state index in [0.717, 1.165) is 12.1 Å². The molecule has 1 aromatic rings. The lowest BCUT2D eigenvalue weighted by Gasteiger charge is -2.12. The van der Waals surface area contributed by atoms with E-state index in [0.29, 0.717) is 0 Å². The van der Waals surface area contributed by atoms with Crippen molar-refractivity contribution in [3.63, 3.8) is 0 Å². The monoisotopic (exact) mass is 293 g/mol. The van der Waals surface area contributed by atoms with Crippen molar-refractivity contribution in [3.05, 3.63) is 33.8 Å². The Bertz CT molecular complexity index is 412. The molecule has 1 rings (SSSR count). The fraction of sp³-hybridized carbons (Fsp3) is 0.300. The fourth-order valence-electron chi connectivity index (χ4n) is 1.26. The van der Waals surface area contributed by atoms with Gasteiger partial charge in [-0.2, -0.15) is 0 Å². The minimum absolute atomic E-state index is 0.0121. The molecule has 1 aromatic carbocycles. The van der Waals surface area contributed by atoms with Gasteiger partial charge in [0.1, 0.15) is 11.6 Å². The quantitative estimate of drug-likeness (QED) is 0.839. The van der Waals surface area contributed by atoms with Gasteiger partial charge in [0.2, 0.25) is 0 Å². The van der Waals surface area contributed by atoms with Gasteiger partial charge in [0, 0.05) is 18.0 Å². The molecule has 0 fully saturated rings. The summed E-state index contributed by atoms with van der Waals surface area (Å²) in [4.78, 5) is 10.3. The van der Waals surface area contributed by atoms with Gasteiger partial charge in [0.05, 0.1) is 4.47 Å². The predicted molar refractivity (Wildman–Crippen MR) is 57.9 cm³/mol. The van der Waals surface area contributed by atoms with Crippen molar-refractivity contribution < 1.29 is 18.7 Å². The lowest BCUT2D eigenvalue weighted by Crippen LogP contribution is -2.14. The minimum Gasteiger partial charge on any atom is -0.481 e. The Labute approximate surface area is 99.4 Å². The second kappa shape index (κ2) is 5.36. The van der Waals surface area contributed by atoms with E-state index in [1.165, 1.54) is 0 Å². The van der Waals surface area contributed by atoms with Crippen LogP contribution >= 0.6 is 15.9 Å². The van der Waals surface area contributed by atoms with Crippen molar-refractivity contribution >= 4 is 21.9 Å². The van der Waals surface area contributed by atoms with E-state index in [2.05, 4.69) is 15.9 Å². The Hall–Kier alpha value is -1.01. The van der Waals surface area contributed by atoms with Crippen LogP contribution in [-0.4, -0.2) is 11.1 Å². The molecule has 3 nitrogen and oxygen atoms in total. The average molecular weight is 294 g/mol. The van der Waals surface area contributed by atoms with Crippen LogP contribution in [0.25, 0.3) is 0 Å². The Morgan fingerprint density at radius 2 is 2.06 bits per heavy atom. The van der Waals surface area contributed by atoms with Crippen LogP contribution in [0.4, 0.5) is 8.78 Å². The zero-order valence-corrected chi connectivity index (χ0v) is 9.80. The third kappa shape index (κ3) is 3.24. The maximum absolute atomic E-state index is 13.4. The average Bonchev–Trinajstić information content (AvgIpc) is 2.20. The molecule has 0 amide bonds. The first-order valence-corrected chi connectivity index (χ1v) is 5.33. The molecule has 1 atom stereocenters. The topological polar surface area (TPSA) is 63.3 Å². The molecule has 1 unspecified atom stereocenters. The van der Waals surface area contributed by atoms with E-state index in [-0.39, 0.29) is 22.9 Å². The lowest BCUT2D eigenvalue weighted by molar-refractivity contribution is -0.137. The van der Waals surface area contributed by atoms with Gasteiger partial charge in [0.25, 0.3) is 0 Å². The first-order valence-electron chi connectivity index (χ1n) is 4.53. The molecule has 16 heavy (non-hydrogen) atoms. The molecule has 6 heteroatoms. The van der Waals surface area contributed by atoms with Crippen LogP contribution < -0.4 is 5.73 Å². The summed E-state index contributed by atoms with van der Waals surface area (Å²) in [5.74, 6) is -2.29. The third-order valence-electron chi connectivity index (χ3n) is 2.11. The van der Waals surface area contributed by atoms with Gasteiger partial charge in [-0.3, -0.25) is 4.79 Å². The van der Waals surface area contributed by atoms with Gasteiger partial charge in [-0.25, -0.2) is 8.78 Å². The highest BCUT2D eigenvalue weighted by molar-refractivity contribution is 9.10.